The van der Waals surface area contributed by atoms with Crippen LogP contribution in [0.5, 0.6) is 5.75 Å². The number of ether oxygens (including phenoxy) is 1. The fourth-order valence-corrected chi connectivity index (χ4v) is 4.29. The van der Waals surface area contributed by atoms with E-state index in [4.69, 9.17) is 4.74 Å². The van der Waals surface area contributed by atoms with E-state index in [1.807, 2.05) is 6.92 Å². The summed E-state index contributed by atoms with van der Waals surface area (Å²) < 4.78 is 32.8. The molecule has 0 aromatic heterocycles. The number of sulfonamides is 1. The Hall–Kier alpha value is -2.54. The lowest BCUT2D eigenvalue weighted by Crippen LogP contribution is -2.27. The number of benzene rings is 2. The fourth-order valence-electron chi connectivity index (χ4n) is 3.23. The normalized spacial score (nSPS) is 15.9. The van der Waals surface area contributed by atoms with Crippen molar-refractivity contribution in [3.8, 4) is 5.75 Å². The van der Waals surface area contributed by atoms with Crippen LogP contribution in [0.4, 0.5) is 5.69 Å². The van der Waals surface area contributed by atoms with Gasteiger partial charge in [-0.1, -0.05) is 31.4 Å². The van der Waals surface area contributed by atoms with Gasteiger partial charge in [0.15, 0.2) is 0 Å². The molecule has 0 bridgehead atoms. The Kier molecular flexibility index (Phi) is 6.57. The van der Waals surface area contributed by atoms with Crippen LogP contribution in [0.25, 0.3) is 0 Å². The Morgan fingerprint density at radius 2 is 1.64 bits per heavy atom. The second kappa shape index (κ2) is 9.10. The quantitative estimate of drug-likeness (QED) is 0.540. The van der Waals surface area contributed by atoms with Crippen molar-refractivity contribution in [2.24, 2.45) is 5.10 Å². The minimum atomic E-state index is -3.65. The first-order chi connectivity index (χ1) is 13.5. The van der Waals surface area contributed by atoms with Gasteiger partial charge in [-0.2, -0.15) is 5.10 Å². The van der Waals surface area contributed by atoms with Gasteiger partial charge in [-0.05, 0) is 61.7 Å². The third kappa shape index (κ3) is 5.25. The highest BCUT2D eigenvalue weighted by Crippen LogP contribution is 2.20. The molecule has 0 saturated heterocycles. The molecule has 0 amide bonds. The number of methoxy groups -OCH3 is 1. The second-order valence-electron chi connectivity index (χ2n) is 7.02. The molecule has 6 nitrogen and oxygen atoms in total. The van der Waals surface area contributed by atoms with E-state index in [1.165, 1.54) is 19.3 Å². The molecule has 1 aliphatic rings. The highest BCUT2D eigenvalue weighted by molar-refractivity contribution is 7.92. The van der Waals surface area contributed by atoms with Crippen LogP contribution in [0, 0.1) is 0 Å². The summed E-state index contributed by atoms with van der Waals surface area (Å²) in [6.07, 6.45) is 6.12. The zero-order chi connectivity index (χ0) is 20.0. The van der Waals surface area contributed by atoms with Crippen LogP contribution in [-0.2, 0) is 10.0 Å². The SMILES string of the molecule is COc1ccc(NS(=O)(=O)c2ccc(C(C)=NNC3CCCCC3)cc2)cc1. The van der Waals surface area contributed by atoms with Gasteiger partial charge in [0.05, 0.1) is 17.7 Å². The largest absolute Gasteiger partial charge is 0.497 e. The lowest BCUT2D eigenvalue weighted by atomic mass is 9.96. The average molecular weight is 402 g/mol. The molecule has 0 unspecified atom stereocenters. The van der Waals surface area contributed by atoms with Gasteiger partial charge < -0.3 is 10.2 Å². The predicted molar refractivity (Wildman–Crippen MR) is 112 cm³/mol. The Balaban J connectivity index is 1.66. The summed E-state index contributed by atoms with van der Waals surface area (Å²) in [4.78, 5) is 0.208. The zero-order valence-corrected chi connectivity index (χ0v) is 17.1. The Bertz CT molecular complexity index is 901. The molecule has 3 rings (SSSR count). The maximum Gasteiger partial charge on any atom is 0.261 e. The smallest absolute Gasteiger partial charge is 0.261 e. The number of hydrogen-bond acceptors (Lipinski definition) is 5. The van der Waals surface area contributed by atoms with E-state index in [2.05, 4.69) is 15.2 Å². The van der Waals surface area contributed by atoms with Crippen molar-refractivity contribution >= 4 is 21.4 Å². The van der Waals surface area contributed by atoms with Gasteiger partial charge in [-0.15, -0.1) is 0 Å². The van der Waals surface area contributed by atoms with Crippen LogP contribution >= 0.6 is 0 Å². The first-order valence-corrected chi connectivity index (χ1v) is 11.0. The molecule has 2 aromatic rings. The highest BCUT2D eigenvalue weighted by Gasteiger charge is 2.15. The van der Waals surface area contributed by atoms with Crippen molar-refractivity contribution in [3.05, 3.63) is 54.1 Å². The zero-order valence-electron chi connectivity index (χ0n) is 16.3. The summed E-state index contributed by atoms with van der Waals surface area (Å²) in [5.74, 6) is 0.670. The summed E-state index contributed by atoms with van der Waals surface area (Å²) in [5, 5.41) is 4.48. The number of nitrogens with one attached hydrogen (secondary N) is 2. The second-order valence-corrected chi connectivity index (χ2v) is 8.70. The summed E-state index contributed by atoms with van der Waals surface area (Å²) in [6.45, 7) is 1.93. The van der Waals surface area contributed by atoms with Crippen LogP contribution in [0.2, 0.25) is 0 Å². The van der Waals surface area contributed by atoms with Crippen LogP contribution in [0.3, 0.4) is 0 Å². The van der Waals surface area contributed by atoms with E-state index in [0.717, 1.165) is 24.1 Å². The summed E-state index contributed by atoms with van der Waals surface area (Å²) in [7, 11) is -2.08. The topological polar surface area (TPSA) is 79.8 Å². The predicted octanol–water partition coefficient (Wildman–Crippen LogP) is 4.14. The molecule has 1 fully saturated rings. The molecule has 2 N–H and O–H groups in total. The molecular weight excluding hydrogens is 374 g/mol. The van der Waals surface area contributed by atoms with Crippen LogP contribution in [-0.4, -0.2) is 27.3 Å². The summed E-state index contributed by atoms with van der Waals surface area (Å²) in [6, 6.07) is 13.9. The molecule has 1 aliphatic carbocycles. The van der Waals surface area contributed by atoms with E-state index in [9.17, 15) is 8.42 Å². The Morgan fingerprint density at radius 3 is 2.25 bits per heavy atom. The molecule has 28 heavy (non-hydrogen) atoms. The number of anilines is 1. The third-order valence-corrected chi connectivity index (χ3v) is 6.34. The van der Waals surface area contributed by atoms with E-state index in [0.29, 0.717) is 17.5 Å². The van der Waals surface area contributed by atoms with Crippen molar-refractivity contribution in [2.75, 3.05) is 11.8 Å². The molecule has 0 aliphatic heterocycles. The molecule has 2 aromatic carbocycles. The highest BCUT2D eigenvalue weighted by atomic mass is 32.2. The average Bonchev–Trinajstić information content (AvgIpc) is 2.73. The molecule has 0 heterocycles. The van der Waals surface area contributed by atoms with Gasteiger partial charge >= 0.3 is 0 Å². The van der Waals surface area contributed by atoms with Gasteiger partial charge in [-0.3, -0.25) is 4.72 Å². The molecule has 150 valence electrons. The van der Waals surface area contributed by atoms with Crippen LogP contribution in [0.15, 0.2) is 58.5 Å². The molecular formula is C21H27N3O3S. The Morgan fingerprint density at radius 1 is 1.00 bits per heavy atom. The first-order valence-electron chi connectivity index (χ1n) is 9.55. The number of nitrogens with zero attached hydrogens (tertiary/aromatic N) is 1. The molecule has 7 heteroatoms. The molecule has 0 spiro atoms. The lowest BCUT2D eigenvalue weighted by molar-refractivity contribution is 0.380. The van der Waals surface area contributed by atoms with E-state index in [1.54, 1.807) is 55.6 Å². The molecule has 0 atom stereocenters. The van der Waals surface area contributed by atoms with Crippen LogP contribution in [0.1, 0.15) is 44.6 Å². The van der Waals surface area contributed by atoms with Gasteiger partial charge in [0, 0.05) is 11.7 Å². The third-order valence-electron chi connectivity index (χ3n) is 4.94. The minimum Gasteiger partial charge on any atom is -0.497 e. The monoisotopic (exact) mass is 401 g/mol. The van der Waals surface area contributed by atoms with Crippen molar-refractivity contribution in [1.29, 1.82) is 0 Å². The molecule has 0 radical (unpaired) electrons. The fraction of sp³-hybridized carbons (Fsp3) is 0.381. The first kappa shape index (κ1) is 20.2. The minimum absolute atomic E-state index is 0.208. The molecule has 1 saturated carbocycles. The summed E-state index contributed by atoms with van der Waals surface area (Å²) >= 11 is 0. The maximum atomic E-state index is 12.6. The van der Waals surface area contributed by atoms with Gasteiger partial charge in [-0.25, -0.2) is 8.42 Å². The maximum absolute atomic E-state index is 12.6. The van der Waals surface area contributed by atoms with Gasteiger partial charge in [0.2, 0.25) is 0 Å². The van der Waals surface area contributed by atoms with Gasteiger partial charge in [0.1, 0.15) is 5.75 Å². The van der Waals surface area contributed by atoms with Crippen molar-refractivity contribution in [1.82, 2.24) is 5.43 Å². The van der Waals surface area contributed by atoms with Crippen molar-refractivity contribution in [3.63, 3.8) is 0 Å². The number of hydrazone groups is 1. The van der Waals surface area contributed by atoms with E-state index in [-0.39, 0.29) is 4.90 Å². The van der Waals surface area contributed by atoms with E-state index >= 15 is 0 Å². The lowest BCUT2D eigenvalue weighted by Gasteiger charge is -2.21. The summed E-state index contributed by atoms with van der Waals surface area (Å²) in [5.41, 5.74) is 5.48. The Labute approximate surface area is 167 Å². The van der Waals surface area contributed by atoms with E-state index < -0.39 is 10.0 Å². The van der Waals surface area contributed by atoms with Crippen molar-refractivity contribution in [2.45, 2.75) is 50.0 Å². The number of hydrogen-bond donors (Lipinski definition) is 2. The van der Waals surface area contributed by atoms with Crippen molar-refractivity contribution < 1.29 is 13.2 Å². The van der Waals surface area contributed by atoms with Crippen LogP contribution < -0.4 is 14.9 Å². The van der Waals surface area contributed by atoms with Gasteiger partial charge in [0.25, 0.3) is 10.0 Å². The number of rotatable bonds is 7. The standard InChI is InChI=1S/C21H27N3O3S/c1-16(22-23-18-6-4-3-5-7-18)17-8-14-21(15-9-17)28(25,26)24-19-10-12-20(27-2)13-11-19/h8-15,18,23-24H,3-7H2,1-2H3.